The van der Waals surface area contributed by atoms with Crippen molar-refractivity contribution in [3.8, 4) is 28.5 Å². The minimum Gasteiger partial charge on any atom is -0.266 e. The molecule has 0 saturated heterocycles. The van der Waals surface area contributed by atoms with E-state index >= 15 is 0 Å². The number of benzene rings is 4. The number of rotatable bonds is 6. The maximum absolute atomic E-state index is 13.3. The molecule has 0 aliphatic carbocycles. The van der Waals surface area contributed by atoms with E-state index in [-0.39, 0.29) is 11.3 Å². The predicted octanol–water partition coefficient (Wildman–Crippen LogP) is 5.44. The summed E-state index contributed by atoms with van der Waals surface area (Å²) in [6, 6.07) is 31.7. The molecule has 1 aromatic heterocycles. The molecule has 0 radical (unpaired) electrons. The highest BCUT2D eigenvalue weighted by Crippen LogP contribution is 2.25. The van der Waals surface area contributed by atoms with Crippen LogP contribution in [0.5, 0.6) is 0 Å². The number of non-ortho nitro benzene ring substituents is 1. The van der Waals surface area contributed by atoms with Crippen LogP contribution in [0.2, 0.25) is 5.02 Å². The fourth-order valence-corrected chi connectivity index (χ4v) is 3.89. The fourth-order valence-electron chi connectivity index (χ4n) is 3.76. The average molecular weight is 497 g/mol. The Labute approximate surface area is 211 Å². The van der Waals surface area contributed by atoms with Crippen molar-refractivity contribution in [3.63, 3.8) is 0 Å². The van der Waals surface area contributed by atoms with Gasteiger partial charge in [0.1, 0.15) is 0 Å². The van der Waals surface area contributed by atoms with Crippen LogP contribution < -0.4 is 10.1 Å². The molecule has 0 aliphatic rings. The summed E-state index contributed by atoms with van der Waals surface area (Å²) in [5, 5.41) is 16.5. The van der Waals surface area contributed by atoms with Crippen molar-refractivity contribution in [1.82, 2.24) is 9.77 Å². The van der Waals surface area contributed by atoms with Crippen molar-refractivity contribution in [2.24, 2.45) is 0 Å². The summed E-state index contributed by atoms with van der Waals surface area (Å²) >= 11 is 6.12. The maximum Gasteiger partial charge on any atom is 0.340 e. The Kier molecular flexibility index (Phi) is 6.25. The molecule has 1 heterocycles. The lowest BCUT2D eigenvalue weighted by atomic mass is 10.2. The monoisotopic (exact) mass is 496 g/mol. The third-order valence-corrected chi connectivity index (χ3v) is 5.76. The third-order valence-electron chi connectivity index (χ3n) is 5.51. The van der Waals surface area contributed by atoms with Gasteiger partial charge in [0, 0.05) is 28.3 Å². The van der Waals surface area contributed by atoms with Crippen LogP contribution in [0.4, 0.5) is 5.69 Å². The zero-order chi connectivity index (χ0) is 25.1. The molecule has 9 heteroatoms. The van der Waals surface area contributed by atoms with E-state index in [0.29, 0.717) is 16.7 Å². The number of nitrogens with zero attached hydrogens (tertiary/aromatic N) is 4. The normalized spacial score (nSPS) is 10.7. The van der Waals surface area contributed by atoms with Crippen molar-refractivity contribution in [2.75, 3.05) is 5.43 Å². The molecule has 4 aromatic carbocycles. The Morgan fingerprint density at radius 1 is 0.833 bits per heavy atom. The van der Waals surface area contributed by atoms with Gasteiger partial charge in [-0.05, 0) is 65.8 Å². The number of hydrogen-bond donors (Lipinski definition) is 1. The zero-order valence-electron chi connectivity index (χ0n) is 18.8. The standard InChI is InChI=1S/C27H18ClN5O3/c28-22-15-11-19(12-16-22)25-29-31(23-9-5-2-6-10-23)27(21-7-3-1-4-8-21)32(25)30-26(34)20-13-17-24(18-14-20)33(35)36/h1-18H/p+1. The van der Waals surface area contributed by atoms with E-state index in [4.69, 9.17) is 16.7 Å². The quantitative estimate of drug-likeness (QED) is 0.192. The first-order valence-corrected chi connectivity index (χ1v) is 11.4. The lowest BCUT2D eigenvalue weighted by molar-refractivity contribution is -0.645. The molecule has 36 heavy (non-hydrogen) atoms. The summed E-state index contributed by atoms with van der Waals surface area (Å²) in [7, 11) is 0. The average Bonchev–Trinajstić information content (AvgIpc) is 3.29. The van der Waals surface area contributed by atoms with Gasteiger partial charge >= 0.3 is 5.82 Å². The largest absolute Gasteiger partial charge is 0.340 e. The second-order valence-corrected chi connectivity index (χ2v) is 8.28. The van der Waals surface area contributed by atoms with E-state index in [9.17, 15) is 14.9 Å². The number of nitrogens with one attached hydrogen (secondary N) is 1. The molecule has 5 rings (SSSR count). The second kappa shape index (κ2) is 9.81. The van der Waals surface area contributed by atoms with Crippen LogP contribution in [0.25, 0.3) is 28.5 Å². The number of para-hydroxylation sites is 1. The number of nitro groups is 1. The van der Waals surface area contributed by atoms with Gasteiger partial charge in [-0.1, -0.05) is 57.4 Å². The van der Waals surface area contributed by atoms with Gasteiger partial charge in [-0.15, -0.1) is 0 Å². The predicted molar refractivity (Wildman–Crippen MR) is 136 cm³/mol. The van der Waals surface area contributed by atoms with Gasteiger partial charge in [-0.25, -0.2) is 0 Å². The molecular weight excluding hydrogens is 478 g/mol. The molecule has 0 fully saturated rings. The van der Waals surface area contributed by atoms with Crippen LogP contribution in [-0.4, -0.2) is 20.6 Å². The van der Waals surface area contributed by atoms with Gasteiger partial charge in [0.05, 0.1) is 10.5 Å². The van der Waals surface area contributed by atoms with E-state index in [1.807, 2.05) is 72.8 Å². The van der Waals surface area contributed by atoms with Crippen molar-refractivity contribution < 1.29 is 14.4 Å². The summed E-state index contributed by atoms with van der Waals surface area (Å²) in [6.07, 6.45) is 0. The van der Waals surface area contributed by atoms with E-state index in [1.165, 1.54) is 24.3 Å². The molecule has 1 amide bonds. The number of aromatic nitrogens is 3. The summed E-state index contributed by atoms with van der Waals surface area (Å²) < 4.78 is 3.38. The first-order chi connectivity index (χ1) is 17.5. The van der Waals surface area contributed by atoms with E-state index in [2.05, 4.69) is 5.43 Å². The Balaban J connectivity index is 1.70. The smallest absolute Gasteiger partial charge is 0.266 e. The molecule has 0 spiro atoms. The number of hydrogen-bond acceptors (Lipinski definition) is 4. The van der Waals surface area contributed by atoms with Gasteiger partial charge < -0.3 is 0 Å². The molecule has 0 atom stereocenters. The molecule has 0 unspecified atom stereocenters. The number of amides is 1. The van der Waals surface area contributed by atoms with Gasteiger partial charge in [0.2, 0.25) is 0 Å². The third kappa shape index (κ3) is 4.57. The molecule has 0 aliphatic heterocycles. The first kappa shape index (κ1) is 22.9. The van der Waals surface area contributed by atoms with Crippen LogP contribution in [0.1, 0.15) is 10.4 Å². The first-order valence-electron chi connectivity index (χ1n) is 11.0. The Bertz CT molecular complexity index is 1530. The lowest BCUT2D eigenvalue weighted by Crippen LogP contribution is -2.36. The maximum atomic E-state index is 13.3. The van der Waals surface area contributed by atoms with Crippen LogP contribution in [0.3, 0.4) is 0 Å². The van der Waals surface area contributed by atoms with Gasteiger partial charge in [0.25, 0.3) is 17.4 Å². The topological polar surface area (TPSA) is 93.9 Å². The summed E-state index contributed by atoms with van der Waals surface area (Å²) in [5.74, 6) is 0.640. The Hall–Kier alpha value is -4.82. The number of carbonyl (C=O) groups excluding carboxylic acids is 1. The van der Waals surface area contributed by atoms with Gasteiger partial charge in [-0.2, -0.15) is 5.43 Å². The second-order valence-electron chi connectivity index (χ2n) is 7.85. The molecule has 0 saturated carbocycles. The SMILES string of the molecule is O=C(Nn1c(-c2ccc(Cl)cc2)n[n+](-c2ccccc2)c1-c1ccccc1)c1ccc([N+](=O)[O-])cc1. The Morgan fingerprint density at radius 3 is 2.06 bits per heavy atom. The van der Waals surface area contributed by atoms with Crippen molar-refractivity contribution in [2.45, 2.75) is 0 Å². The number of halogens is 1. The minimum absolute atomic E-state index is 0.0945. The van der Waals surface area contributed by atoms with Crippen LogP contribution in [-0.2, 0) is 0 Å². The van der Waals surface area contributed by atoms with E-state index in [1.54, 1.807) is 21.5 Å². The fraction of sp³-hybridized carbons (Fsp3) is 0. The minimum atomic E-state index is -0.507. The highest BCUT2D eigenvalue weighted by molar-refractivity contribution is 6.30. The molecular formula is C27H19ClN5O3+. The summed E-state index contributed by atoms with van der Waals surface area (Å²) in [4.78, 5) is 23.8. The highest BCUT2D eigenvalue weighted by Gasteiger charge is 2.31. The van der Waals surface area contributed by atoms with Crippen molar-refractivity contribution in [1.29, 1.82) is 0 Å². The zero-order valence-corrected chi connectivity index (χ0v) is 19.5. The number of carbonyl (C=O) groups is 1. The summed E-state index contributed by atoms with van der Waals surface area (Å²) in [5.41, 5.74) is 5.46. The number of nitro benzene ring substituents is 1. The highest BCUT2D eigenvalue weighted by atomic mass is 35.5. The lowest BCUT2D eigenvalue weighted by Gasteiger charge is -2.07. The van der Waals surface area contributed by atoms with Crippen LogP contribution in [0, 0.1) is 10.1 Å². The summed E-state index contributed by atoms with van der Waals surface area (Å²) in [6.45, 7) is 0. The van der Waals surface area contributed by atoms with Crippen molar-refractivity contribution in [3.05, 3.63) is 130 Å². The van der Waals surface area contributed by atoms with Crippen LogP contribution >= 0.6 is 11.6 Å². The molecule has 1 N–H and O–H groups in total. The molecule has 0 bridgehead atoms. The molecule has 176 valence electrons. The Morgan fingerprint density at radius 2 is 1.44 bits per heavy atom. The van der Waals surface area contributed by atoms with Gasteiger partial charge in [0.15, 0.2) is 5.69 Å². The van der Waals surface area contributed by atoms with Crippen molar-refractivity contribution >= 4 is 23.2 Å². The van der Waals surface area contributed by atoms with E-state index < -0.39 is 10.8 Å². The van der Waals surface area contributed by atoms with Gasteiger partial charge in [-0.3, -0.25) is 14.9 Å². The van der Waals surface area contributed by atoms with E-state index in [0.717, 1.165) is 16.8 Å². The molecule has 8 nitrogen and oxygen atoms in total. The molecule has 5 aromatic rings. The van der Waals surface area contributed by atoms with Crippen LogP contribution in [0.15, 0.2) is 109 Å².